The molecule has 0 aliphatic heterocycles. The van der Waals surface area contributed by atoms with E-state index in [0.29, 0.717) is 0 Å². The third-order valence-corrected chi connectivity index (χ3v) is 1.14. The lowest BCUT2D eigenvalue weighted by Gasteiger charge is -2.03. The molecule has 0 aromatic rings. The Labute approximate surface area is 89.4 Å². The minimum Gasteiger partial charge on any atom is -0.462 e. The van der Waals surface area contributed by atoms with Crippen LogP contribution in [-0.4, -0.2) is 38.2 Å². The summed E-state index contributed by atoms with van der Waals surface area (Å²) in [5.74, 6) is -1.44. The Hall–Kier alpha value is -2.44. The lowest BCUT2D eigenvalue weighted by atomic mass is 10.6. The van der Waals surface area contributed by atoms with E-state index in [1.165, 1.54) is 0 Å². The fraction of sp³-hybridized carbons (Fsp3) is 0.667. The Balaban J connectivity index is 3.52. The predicted molar refractivity (Wildman–Crippen MR) is 49.9 cm³/mol. The summed E-state index contributed by atoms with van der Waals surface area (Å²) in [5, 5.41) is 5.94. The molecule has 0 saturated heterocycles. The lowest BCUT2D eigenvalue weighted by Crippen LogP contribution is -2.16. The Morgan fingerprint density at radius 3 is 1.62 bits per heavy atom. The van der Waals surface area contributed by atoms with Crippen molar-refractivity contribution in [2.45, 2.75) is 0 Å². The summed E-state index contributed by atoms with van der Waals surface area (Å²) in [4.78, 5) is 26.2. The van der Waals surface area contributed by atoms with E-state index < -0.39 is 25.0 Å². The molecule has 0 aromatic heterocycles. The summed E-state index contributed by atoms with van der Waals surface area (Å²) >= 11 is 0. The topological polar surface area (TPSA) is 150 Å². The van der Waals surface area contributed by atoms with Gasteiger partial charge in [-0.25, -0.2) is 0 Å². The molecule has 0 N–H and O–H groups in total. The molecule has 10 heteroatoms. The Morgan fingerprint density at radius 2 is 1.31 bits per heavy atom. The maximum absolute atomic E-state index is 10.7. The van der Waals surface area contributed by atoms with Gasteiger partial charge in [-0.15, -0.1) is 0 Å². The van der Waals surface area contributed by atoms with Gasteiger partial charge in [0.15, 0.2) is 0 Å². The van der Waals surface area contributed by atoms with Crippen LogP contribution >= 0.6 is 0 Å². The van der Waals surface area contributed by atoms with Crippen molar-refractivity contribution in [2.75, 3.05) is 26.3 Å². The zero-order chi connectivity index (χ0) is 12.2. The van der Waals surface area contributed by atoms with Gasteiger partial charge in [-0.2, -0.15) is 0 Å². The maximum atomic E-state index is 10.7. The third kappa shape index (κ3) is 8.17. The molecule has 0 heterocycles. The Morgan fingerprint density at radius 1 is 0.938 bits per heavy atom. The Kier molecular flexibility index (Phi) is 7.74. The molecule has 0 atom stereocenters. The number of hydrogen-bond donors (Lipinski definition) is 0. The molecule has 0 rings (SSSR count). The lowest BCUT2D eigenvalue weighted by molar-refractivity contribution is -0.150. The molecular weight excluding hydrogens is 220 g/mol. The van der Waals surface area contributed by atoms with Crippen molar-refractivity contribution >= 4 is 11.9 Å². The van der Waals surface area contributed by atoms with Gasteiger partial charge in [-0.3, -0.25) is 9.59 Å². The highest BCUT2D eigenvalue weighted by molar-refractivity contribution is 5.72. The number of esters is 2. The molecule has 86 valence electrons. The first-order valence-corrected chi connectivity index (χ1v) is 4.03. The molecule has 10 nitrogen and oxygen atoms in total. The van der Waals surface area contributed by atoms with Crippen LogP contribution < -0.4 is 0 Å². The zero-order valence-electron chi connectivity index (χ0n) is 8.14. The summed E-state index contributed by atoms with van der Waals surface area (Å²) in [5.41, 5.74) is 15.8. The van der Waals surface area contributed by atoms with E-state index in [9.17, 15) is 9.59 Å². The molecule has 0 aliphatic carbocycles. The van der Waals surface area contributed by atoms with Crippen molar-refractivity contribution in [3.63, 3.8) is 0 Å². The fourth-order valence-electron chi connectivity index (χ4n) is 0.581. The van der Waals surface area contributed by atoms with Crippen LogP contribution in [-0.2, 0) is 19.1 Å². The molecule has 0 fully saturated rings. The monoisotopic (exact) mass is 228 g/mol. The first kappa shape index (κ1) is 13.6. The van der Waals surface area contributed by atoms with Gasteiger partial charge in [0.2, 0.25) is 0 Å². The summed E-state index contributed by atoms with van der Waals surface area (Å²) in [6.07, 6.45) is 0. The van der Waals surface area contributed by atoms with Crippen LogP contribution in [0.4, 0.5) is 0 Å². The third-order valence-electron chi connectivity index (χ3n) is 1.14. The smallest absolute Gasteiger partial charge is 0.311 e. The van der Waals surface area contributed by atoms with E-state index >= 15 is 0 Å². The number of ether oxygens (including phenoxy) is 2. The van der Waals surface area contributed by atoms with E-state index in [1.807, 2.05) is 0 Å². The van der Waals surface area contributed by atoms with Crippen LogP contribution in [0.2, 0.25) is 0 Å². The van der Waals surface area contributed by atoms with Gasteiger partial charge in [0, 0.05) is 9.82 Å². The first-order valence-electron chi connectivity index (χ1n) is 4.03. The zero-order valence-corrected chi connectivity index (χ0v) is 8.14. The van der Waals surface area contributed by atoms with E-state index in [0.717, 1.165) is 0 Å². The second-order valence-corrected chi connectivity index (χ2v) is 2.22. The number of hydrogen-bond acceptors (Lipinski definition) is 6. The summed E-state index contributed by atoms with van der Waals surface area (Å²) in [6.45, 7) is -1.13. The van der Waals surface area contributed by atoms with Gasteiger partial charge >= 0.3 is 11.9 Å². The molecular formula is C6H8N6O4. The molecule has 0 aliphatic rings. The fourth-order valence-corrected chi connectivity index (χ4v) is 0.581. The normalized spacial score (nSPS) is 8.25. The quantitative estimate of drug-likeness (QED) is 0.207. The van der Waals surface area contributed by atoms with Crippen molar-refractivity contribution in [1.82, 2.24) is 0 Å². The SMILES string of the molecule is [N-]=[N+]=NCC(=O)OCCOC(=O)CN=[N+]=[N-]. The number of azide groups is 2. The summed E-state index contributed by atoms with van der Waals surface area (Å²) in [6, 6.07) is 0. The Bertz CT molecular complexity index is 309. The van der Waals surface area contributed by atoms with E-state index in [1.54, 1.807) is 0 Å². The van der Waals surface area contributed by atoms with Crippen LogP contribution in [0.5, 0.6) is 0 Å². The molecule has 0 radical (unpaired) electrons. The first-order chi connectivity index (χ1) is 7.70. The molecule has 0 spiro atoms. The van der Waals surface area contributed by atoms with Gasteiger partial charge in [0.1, 0.15) is 26.3 Å². The van der Waals surface area contributed by atoms with Gasteiger partial charge in [0.05, 0.1) is 0 Å². The maximum Gasteiger partial charge on any atom is 0.311 e. The molecule has 0 aromatic carbocycles. The van der Waals surface area contributed by atoms with Crippen molar-refractivity contribution in [3.05, 3.63) is 20.9 Å². The predicted octanol–water partition coefficient (Wildman–Crippen LogP) is 0.693. The highest BCUT2D eigenvalue weighted by Gasteiger charge is 2.02. The van der Waals surface area contributed by atoms with Crippen molar-refractivity contribution in [2.24, 2.45) is 10.2 Å². The van der Waals surface area contributed by atoms with E-state index in [-0.39, 0.29) is 13.2 Å². The van der Waals surface area contributed by atoms with Crippen LogP contribution in [0.1, 0.15) is 0 Å². The van der Waals surface area contributed by atoms with Gasteiger partial charge in [-0.05, 0) is 11.1 Å². The van der Waals surface area contributed by atoms with E-state index in [2.05, 4.69) is 29.5 Å². The molecule has 16 heavy (non-hydrogen) atoms. The van der Waals surface area contributed by atoms with Crippen molar-refractivity contribution in [3.8, 4) is 0 Å². The van der Waals surface area contributed by atoms with E-state index in [4.69, 9.17) is 11.1 Å². The van der Waals surface area contributed by atoms with Gasteiger partial charge in [0.25, 0.3) is 0 Å². The van der Waals surface area contributed by atoms with Crippen molar-refractivity contribution in [1.29, 1.82) is 0 Å². The number of nitrogens with zero attached hydrogens (tertiary/aromatic N) is 6. The van der Waals surface area contributed by atoms with Crippen LogP contribution in [0.3, 0.4) is 0 Å². The standard InChI is InChI=1S/C6H8N6O4/c7-11-9-3-5(13)15-1-2-16-6(14)4-10-12-8/h1-4H2. The highest BCUT2D eigenvalue weighted by atomic mass is 16.6. The molecule has 0 amide bonds. The number of carbonyl (C=O) groups is 2. The highest BCUT2D eigenvalue weighted by Crippen LogP contribution is 1.85. The summed E-state index contributed by atoms with van der Waals surface area (Å²) in [7, 11) is 0. The molecule has 0 saturated carbocycles. The van der Waals surface area contributed by atoms with Crippen LogP contribution in [0.25, 0.3) is 20.9 Å². The number of carbonyl (C=O) groups excluding carboxylic acids is 2. The largest absolute Gasteiger partial charge is 0.462 e. The average molecular weight is 228 g/mol. The van der Waals surface area contributed by atoms with Crippen molar-refractivity contribution < 1.29 is 19.1 Å². The minimum absolute atomic E-state index is 0.151. The summed E-state index contributed by atoms with van der Waals surface area (Å²) < 4.78 is 9.03. The van der Waals surface area contributed by atoms with Gasteiger partial charge < -0.3 is 9.47 Å². The van der Waals surface area contributed by atoms with Crippen LogP contribution in [0.15, 0.2) is 10.2 Å². The second-order valence-electron chi connectivity index (χ2n) is 2.22. The molecule has 0 unspecified atom stereocenters. The van der Waals surface area contributed by atoms with Gasteiger partial charge in [-0.1, -0.05) is 10.2 Å². The molecule has 0 bridgehead atoms. The minimum atomic E-state index is -0.719. The number of rotatable bonds is 7. The van der Waals surface area contributed by atoms with Crippen LogP contribution in [0, 0.1) is 0 Å². The second kappa shape index (κ2) is 9.13. The average Bonchev–Trinajstić information content (AvgIpc) is 2.29.